The van der Waals surface area contributed by atoms with E-state index in [1.165, 1.54) is 0 Å². The summed E-state index contributed by atoms with van der Waals surface area (Å²) in [6, 6.07) is 25.7. The number of ether oxygens (including phenoxy) is 8. The summed E-state index contributed by atoms with van der Waals surface area (Å²) >= 11 is 0. The van der Waals surface area contributed by atoms with Crippen LogP contribution in [0.5, 0.6) is 11.5 Å². The SMILES string of the molecule is COc1ccc(COC[C@@H](OCc2ccc(OC)cc2)[C@H]2O[C@@H]3OC(C)(C)O[C@@H]3[C@H]2OCc2ccccc2)cc1. The second kappa shape index (κ2) is 13.1. The van der Waals surface area contributed by atoms with Gasteiger partial charge in [-0.2, -0.15) is 0 Å². The molecule has 214 valence electrons. The lowest BCUT2D eigenvalue weighted by Gasteiger charge is -2.31. The summed E-state index contributed by atoms with van der Waals surface area (Å²) in [7, 11) is 3.30. The first-order valence-corrected chi connectivity index (χ1v) is 13.6. The maximum atomic E-state index is 6.47. The van der Waals surface area contributed by atoms with Crippen LogP contribution in [0.4, 0.5) is 0 Å². The standard InChI is InChI=1S/C32H38O8/c1-32(2)39-30-29(37-20-22-8-6-5-7-9-22)28(38-31(30)40-32)27(36-19-24-12-16-26(34-4)17-13-24)21-35-18-23-10-14-25(33-3)15-11-23/h5-17,27-31H,18-21H2,1-4H3/t27-,28-,29+,30-,31-/m1/s1. The van der Waals surface area contributed by atoms with Crippen LogP contribution in [0.15, 0.2) is 78.9 Å². The first kappa shape index (κ1) is 28.5. The molecule has 0 radical (unpaired) electrons. The fourth-order valence-electron chi connectivity index (χ4n) is 4.94. The molecule has 8 heteroatoms. The first-order chi connectivity index (χ1) is 19.4. The van der Waals surface area contributed by atoms with E-state index in [4.69, 9.17) is 37.9 Å². The molecule has 2 aliphatic rings. The van der Waals surface area contributed by atoms with E-state index in [0.29, 0.717) is 26.4 Å². The Morgan fingerprint density at radius 3 is 1.95 bits per heavy atom. The molecule has 2 saturated heterocycles. The van der Waals surface area contributed by atoms with Gasteiger partial charge in [-0.1, -0.05) is 54.6 Å². The molecule has 3 aromatic rings. The largest absolute Gasteiger partial charge is 0.497 e. The summed E-state index contributed by atoms with van der Waals surface area (Å²) in [4.78, 5) is 0. The van der Waals surface area contributed by atoms with E-state index in [0.717, 1.165) is 28.2 Å². The quantitative estimate of drug-likeness (QED) is 0.285. The minimum absolute atomic E-state index is 0.293. The van der Waals surface area contributed by atoms with E-state index in [9.17, 15) is 0 Å². The zero-order valence-corrected chi connectivity index (χ0v) is 23.5. The molecular formula is C32H38O8. The third-order valence-corrected chi connectivity index (χ3v) is 7.01. The average molecular weight is 551 g/mol. The third kappa shape index (κ3) is 7.20. The number of hydrogen-bond acceptors (Lipinski definition) is 8. The molecule has 2 fully saturated rings. The molecule has 3 aromatic carbocycles. The monoisotopic (exact) mass is 550 g/mol. The molecule has 0 spiro atoms. The first-order valence-electron chi connectivity index (χ1n) is 13.6. The van der Waals surface area contributed by atoms with Crippen LogP contribution < -0.4 is 9.47 Å². The highest BCUT2D eigenvalue weighted by molar-refractivity contribution is 5.27. The van der Waals surface area contributed by atoms with Crippen LogP contribution in [0.1, 0.15) is 30.5 Å². The topological polar surface area (TPSA) is 73.8 Å². The zero-order chi connectivity index (χ0) is 28.0. The Hall–Kier alpha value is -2.98. The van der Waals surface area contributed by atoms with Gasteiger partial charge in [0.05, 0.1) is 40.6 Å². The van der Waals surface area contributed by atoms with Gasteiger partial charge >= 0.3 is 0 Å². The number of hydrogen-bond donors (Lipinski definition) is 0. The molecule has 0 N–H and O–H groups in total. The van der Waals surface area contributed by atoms with Crippen LogP contribution in [0.2, 0.25) is 0 Å². The van der Waals surface area contributed by atoms with Crippen LogP contribution in [0, 0.1) is 0 Å². The molecule has 0 bridgehead atoms. The molecule has 2 heterocycles. The van der Waals surface area contributed by atoms with Crippen molar-refractivity contribution in [2.24, 2.45) is 0 Å². The van der Waals surface area contributed by atoms with Crippen LogP contribution in [0.3, 0.4) is 0 Å². The lowest BCUT2D eigenvalue weighted by Crippen LogP contribution is -2.45. The maximum absolute atomic E-state index is 6.47. The molecule has 0 aromatic heterocycles. The highest BCUT2D eigenvalue weighted by Crippen LogP contribution is 2.40. The van der Waals surface area contributed by atoms with Gasteiger partial charge in [-0.15, -0.1) is 0 Å². The van der Waals surface area contributed by atoms with Gasteiger partial charge in [0.2, 0.25) is 0 Å². The van der Waals surface area contributed by atoms with Crippen LogP contribution >= 0.6 is 0 Å². The predicted molar refractivity (Wildman–Crippen MR) is 148 cm³/mol. The Balaban J connectivity index is 1.31. The molecular weight excluding hydrogens is 512 g/mol. The summed E-state index contributed by atoms with van der Waals surface area (Å²) in [5, 5.41) is 0. The summed E-state index contributed by atoms with van der Waals surface area (Å²) in [6.07, 6.45) is -2.28. The molecule has 0 saturated carbocycles. The highest BCUT2D eigenvalue weighted by atomic mass is 16.8. The third-order valence-electron chi connectivity index (χ3n) is 7.01. The number of benzene rings is 3. The van der Waals surface area contributed by atoms with E-state index in [-0.39, 0.29) is 0 Å². The van der Waals surface area contributed by atoms with Gasteiger partial charge in [0, 0.05) is 0 Å². The van der Waals surface area contributed by atoms with Crippen molar-refractivity contribution in [1.29, 1.82) is 0 Å². The molecule has 8 nitrogen and oxygen atoms in total. The Morgan fingerprint density at radius 2 is 1.32 bits per heavy atom. The van der Waals surface area contributed by atoms with E-state index in [1.807, 2.05) is 92.7 Å². The van der Waals surface area contributed by atoms with Crippen molar-refractivity contribution >= 4 is 0 Å². The molecule has 5 rings (SSSR count). The second-order valence-corrected chi connectivity index (χ2v) is 10.4. The molecule has 5 atom stereocenters. The maximum Gasteiger partial charge on any atom is 0.190 e. The van der Waals surface area contributed by atoms with Gasteiger partial charge in [0.1, 0.15) is 35.9 Å². The van der Waals surface area contributed by atoms with Crippen molar-refractivity contribution in [3.63, 3.8) is 0 Å². The van der Waals surface area contributed by atoms with Crippen molar-refractivity contribution in [2.75, 3.05) is 20.8 Å². The van der Waals surface area contributed by atoms with E-state index in [2.05, 4.69) is 0 Å². The minimum Gasteiger partial charge on any atom is -0.497 e. The van der Waals surface area contributed by atoms with Crippen molar-refractivity contribution in [3.05, 3.63) is 95.6 Å². The van der Waals surface area contributed by atoms with Crippen molar-refractivity contribution in [3.8, 4) is 11.5 Å². The van der Waals surface area contributed by atoms with Crippen molar-refractivity contribution in [2.45, 2.75) is 70.2 Å². The van der Waals surface area contributed by atoms with Gasteiger partial charge in [0.15, 0.2) is 12.1 Å². The fourth-order valence-corrected chi connectivity index (χ4v) is 4.94. The van der Waals surface area contributed by atoms with E-state index in [1.54, 1.807) is 14.2 Å². The molecule has 2 aliphatic heterocycles. The highest BCUT2D eigenvalue weighted by Gasteiger charge is 2.57. The average Bonchev–Trinajstić information content (AvgIpc) is 3.46. The summed E-state index contributed by atoms with van der Waals surface area (Å²) < 4.78 is 48.4. The van der Waals surface area contributed by atoms with Crippen molar-refractivity contribution in [1.82, 2.24) is 0 Å². The molecule has 0 aliphatic carbocycles. The fraction of sp³-hybridized carbons (Fsp3) is 0.438. The Labute approximate surface area is 236 Å². The Morgan fingerprint density at radius 1 is 0.725 bits per heavy atom. The number of methoxy groups -OCH3 is 2. The zero-order valence-electron chi connectivity index (χ0n) is 23.5. The Kier molecular flexibility index (Phi) is 9.36. The van der Waals surface area contributed by atoms with E-state index < -0.39 is 36.5 Å². The van der Waals surface area contributed by atoms with Crippen LogP contribution in [-0.4, -0.2) is 57.3 Å². The van der Waals surface area contributed by atoms with Gasteiger partial charge in [-0.3, -0.25) is 0 Å². The number of fused-ring (bicyclic) bond motifs is 1. The second-order valence-electron chi connectivity index (χ2n) is 10.4. The summed E-state index contributed by atoms with van der Waals surface area (Å²) in [5.74, 6) is 0.831. The van der Waals surface area contributed by atoms with Crippen LogP contribution in [0.25, 0.3) is 0 Å². The molecule has 40 heavy (non-hydrogen) atoms. The van der Waals surface area contributed by atoms with Gasteiger partial charge in [0.25, 0.3) is 0 Å². The van der Waals surface area contributed by atoms with Gasteiger partial charge in [-0.25, -0.2) is 0 Å². The molecule has 0 amide bonds. The summed E-state index contributed by atoms with van der Waals surface area (Å²) in [5.41, 5.74) is 3.10. The van der Waals surface area contributed by atoms with E-state index >= 15 is 0 Å². The smallest absolute Gasteiger partial charge is 0.190 e. The normalized spacial score (nSPS) is 24.0. The molecule has 0 unspecified atom stereocenters. The minimum atomic E-state index is -0.765. The van der Waals surface area contributed by atoms with Crippen molar-refractivity contribution < 1.29 is 37.9 Å². The summed E-state index contributed by atoms with van der Waals surface area (Å²) in [6.45, 7) is 5.26. The lowest BCUT2D eigenvalue weighted by molar-refractivity contribution is -0.238. The van der Waals surface area contributed by atoms with Gasteiger partial charge < -0.3 is 37.9 Å². The Bertz CT molecular complexity index is 1180. The van der Waals surface area contributed by atoms with Crippen LogP contribution in [-0.2, 0) is 48.2 Å². The number of rotatable bonds is 13. The predicted octanol–water partition coefficient (Wildman–Crippen LogP) is 5.27. The lowest BCUT2D eigenvalue weighted by atomic mass is 10.1. The van der Waals surface area contributed by atoms with Gasteiger partial charge in [-0.05, 0) is 54.8 Å².